The van der Waals surface area contributed by atoms with E-state index >= 15 is 0 Å². The molecule has 1 aliphatic rings. The molecule has 0 saturated carbocycles. The van der Waals surface area contributed by atoms with Crippen LogP contribution in [0.25, 0.3) is 0 Å². The Balaban J connectivity index is 0.00000361. The molecule has 2 aromatic carbocycles. The molecular weight excluding hydrogens is 489 g/mol. The Morgan fingerprint density at radius 1 is 1.20 bits per heavy atom. The average molecular weight is 518 g/mol. The fourth-order valence-electron chi connectivity index (χ4n) is 3.81. The van der Waals surface area contributed by atoms with E-state index in [-0.39, 0.29) is 34.8 Å². The summed E-state index contributed by atoms with van der Waals surface area (Å²) in [6.07, 6.45) is 1.25. The molecule has 10 heteroatoms. The molecule has 4 rings (SSSR count). The molecule has 2 amide bonds. The lowest BCUT2D eigenvalue weighted by molar-refractivity contribution is -0.115. The molecule has 2 heterocycles. The van der Waals surface area contributed by atoms with E-state index in [2.05, 4.69) is 31.1 Å². The van der Waals surface area contributed by atoms with Gasteiger partial charge in [-0.1, -0.05) is 50.3 Å². The number of halogens is 1. The standard InChI is InChI=1S/C25H26FN3O4S2.H2/c1-25(2,3)16-6-8-17(9-7-16)29-12-11-20-22(23(29)31)34-24(27-20)28-21(30)13-15-5-10-18(14-19(15)26)35(4,32)33;/h5-10,14H,11-13H2,1-4H3,(H,27,28,30);1H. The third-order valence-electron chi connectivity index (χ3n) is 5.80. The maximum atomic E-state index is 14.3. The maximum Gasteiger partial charge on any atom is 0.270 e. The Morgan fingerprint density at radius 2 is 1.89 bits per heavy atom. The number of aromatic nitrogens is 1. The Kier molecular flexibility index (Phi) is 6.54. The molecule has 0 unspecified atom stereocenters. The SMILES string of the molecule is CC(C)(C)c1ccc(N2CCc3nc(NC(=O)Cc4ccc(S(C)(=O)=O)cc4F)sc3C2=O)cc1.[HH]. The predicted molar refractivity (Wildman–Crippen MR) is 137 cm³/mol. The molecule has 0 atom stereocenters. The van der Waals surface area contributed by atoms with Crippen molar-refractivity contribution in [3.05, 3.63) is 70.0 Å². The van der Waals surface area contributed by atoms with Crippen molar-refractivity contribution in [3.63, 3.8) is 0 Å². The van der Waals surface area contributed by atoms with Crippen LogP contribution in [0.5, 0.6) is 0 Å². The predicted octanol–water partition coefficient (Wildman–Crippen LogP) is 4.61. The lowest BCUT2D eigenvalue weighted by atomic mass is 9.87. The van der Waals surface area contributed by atoms with Crippen LogP contribution >= 0.6 is 11.3 Å². The highest BCUT2D eigenvalue weighted by Crippen LogP contribution is 2.32. The van der Waals surface area contributed by atoms with E-state index in [0.29, 0.717) is 23.5 Å². The quantitative estimate of drug-likeness (QED) is 0.533. The number of carbonyl (C=O) groups excluding carboxylic acids is 2. The number of carbonyl (C=O) groups is 2. The summed E-state index contributed by atoms with van der Waals surface area (Å²) in [5.74, 6) is -1.45. The minimum Gasteiger partial charge on any atom is -0.307 e. The van der Waals surface area contributed by atoms with Crippen LogP contribution in [-0.2, 0) is 32.9 Å². The topological polar surface area (TPSA) is 96.4 Å². The van der Waals surface area contributed by atoms with Crippen molar-refractivity contribution in [2.24, 2.45) is 0 Å². The van der Waals surface area contributed by atoms with Crippen LogP contribution in [0, 0.1) is 5.82 Å². The number of anilines is 2. The summed E-state index contributed by atoms with van der Waals surface area (Å²) in [7, 11) is -3.54. The maximum absolute atomic E-state index is 14.3. The first-order chi connectivity index (χ1) is 16.3. The summed E-state index contributed by atoms with van der Waals surface area (Å²) < 4.78 is 37.4. The fraction of sp³-hybridized carbons (Fsp3) is 0.320. The van der Waals surface area contributed by atoms with E-state index in [9.17, 15) is 22.4 Å². The normalized spacial score (nSPS) is 14.1. The molecule has 7 nitrogen and oxygen atoms in total. The molecule has 1 N–H and O–H groups in total. The highest BCUT2D eigenvalue weighted by atomic mass is 32.2. The lowest BCUT2D eigenvalue weighted by Crippen LogP contribution is -2.36. The van der Waals surface area contributed by atoms with Gasteiger partial charge in [0.25, 0.3) is 5.91 Å². The molecule has 0 saturated heterocycles. The monoisotopic (exact) mass is 517 g/mol. The van der Waals surface area contributed by atoms with Crippen molar-refractivity contribution in [1.82, 2.24) is 4.98 Å². The van der Waals surface area contributed by atoms with Gasteiger partial charge in [0.1, 0.15) is 10.7 Å². The van der Waals surface area contributed by atoms with E-state index in [4.69, 9.17) is 0 Å². The number of nitrogens with zero attached hydrogens (tertiary/aromatic N) is 2. The van der Waals surface area contributed by atoms with Gasteiger partial charge in [-0.2, -0.15) is 0 Å². The van der Waals surface area contributed by atoms with Crippen molar-refractivity contribution in [3.8, 4) is 0 Å². The summed E-state index contributed by atoms with van der Waals surface area (Å²) in [5.41, 5.74) is 2.69. The van der Waals surface area contributed by atoms with Gasteiger partial charge in [-0.25, -0.2) is 17.8 Å². The van der Waals surface area contributed by atoms with E-state index in [1.54, 1.807) is 4.90 Å². The Bertz CT molecular complexity index is 1410. The minimum absolute atomic E-state index is 0. The Hall–Kier alpha value is -3.11. The summed E-state index contributed by atoms with van der Waals surface area (Å²) in [4.78, 5) is 32.0. The third kappa shape index (κ3) is 5.43. The Labute approximate surface area is 209 Å². The van der Waals surface area contributed by atoms with Crippen molar-refractivity contribution < 1.29 is 23.8 Å². The summed E-state index contributed by atoms with van der Waals surface area (Å²) in [5, 5.41) is 2.90. The number of hydrogen-bond acceptors (Lipinski definition) is 6. The first-order valence-electron chi connectivity index (χ1n) is 11.0. The van der Waals surface area contributed by atoms with Gasteiger partial charge in [0, 0.05) is 26.3 Å². The Morgan fingerprint density at radius 3 is 2.49 bits per heavy atom. The van der Waals surface area contributed by atoms with Gasteiger partial charge in [-0.3, -0.25) is 9.59 Å². The second-order valence-electron chi connectivity index (χ2n) is 9.55. The van der Waals surface area contributed by atoms with E-state index in [1.165, 1.54) is 17.7 Å². The molecule has 186 valence electrons. The van der Waals surface area contributed by atoms with Crippen LogP contribution < -0.4 is 10.2 Å². The zero-order valence-electron chi connectivity index (χ0n) is 19.9. The van der Waals surface area contributed by atoms with E-state index in [1.807, 2.05) is 24.3 Å². The van der Waals surface area contributed by atoms with Gasteiger partial charge in [0.2, 0.25) is 5.91 Å². The molecule has 1 aliphatic heterocycles. The van der Waals surface area contributed by atoms with E-state index < -0.39 is 21.6 Å². The zero-order chi connectivity index (χ0) is 25.5. The molecule has 3 aromatic rings. The molecule has 0 fully saturated rings. The van der Waals surface area contributed by atoms with Crippen molar-refractivity contribution in [2.45, 2.75) is 43.9 Å². The molecule has 35 heavy (non-hydrogen) atoms. The fourth-order valence-corrected chi connectivity index (χ4v) is 5.42. The number of benzene rings is 2. The van der Waals surface area contributed by atoms with E-state index in [0.717, 1.165) is 29.3 Å². The summed E-state index contributed by atoms with van der Waals surface area (Å²) in [6, 6.07) is 11.4. The molecule has 0 spiro atoms. The van der Waals surface area contributed by atoms with Crippen molar-refractivity contribution in [2.75, 3.05) is 23.0 Å². The van der Waals surface area contributed by atoms with Crippen molar-refractivity contribution >= 4 is 43.8 Å². The first kappa shape index (κ1) is 25.0. The molecule has 0 radical (unpaired) electrons. The molecule has 1 aromatic heterocycles. The number of hydrogen-bond donors (Lipinski definition) is 1. The van der Waals surface area contributed by atoms with Crippen LogP contribution in [0.15, 0.2) is 47.4 Å². The summed E-state index contributed by atoms with van der Waals surface area (Å²) in [6.45, 7) is 6.88. The van der Waals surface area contributed by atoms with Gasteiger partial charge in [0.15, 0.2) is 15.0 Å². The van der Waals surface area contributed by atoms with Crippen molar-refractivity contribution in [1.29, 1.82) is 0 Å². The number of fused-ring (bicyclic) bond motifs is 1. The number of sulfone groups is 1. The molecule has 0 bridgehead atoms. The smallest absolute Gasteiger partial charge is 0.270 e. The average Bonchev–Trinajstić information content (AvgIpc) is 3.17. The van der Waals surface area contributed by atoms with Crippen LogP contribution in [0.2, 0.25) is 0 Å². The lowest BCUT2D eigenvalue weighted by Gasteiger charge is -2.27. The van der Waals surface area contributed by atoms with Crippen LogP contribution in [-0.4, -0.2) is 38.0 Å². The van der Waals surface area contributed by atoms with Crippen LogP contribution in [0.4, 0.5) is 15.2 Å². The summed E-state index contributed by atoms with van der Waals surface area (Å²) >= 11 is 1.09. The highest BCUT2D eigenvalue weighted by Gasteiger charge is 2.30. The van der Waals surface area contributed by atoms with Gasteiger partial charge >= 0.3 is 0 Å². The highest BCUT2D eigenvalue weighted by molar-refractivity contribution is 7.90. The van der Waals surface area contributed by atoms with Gasteiger partial charge in [-0.05, 0) is 40.8 Å². The first-order valence-corrected chi connectivity index (χ1v) is 13.7. The zero-order valence-corrected chi connectivity index (χ0v) is 21.5. The second kappa shape index (κ2) is 9.16. The van der Waals surface area contributed by atoms with Crippen LogP contribution in [0.3, 0.4) is 0 Å². The van der Waals surface area contributed by atoms with Gasteiger partial charge < -0.3 is 10.2 Å². The number of amides is 2. The van der Waals surface area contributed by atoms with Gasteiger partial charge in [0.05, 0.1) is 17.0 Å². The largest absolute Gasteiger partial charge is 0.307 e. The number of thiazole rings is 1. The second-order valence-corrected chi connectivity index (χ2v) is 12.6. The molecular formula is C25H28FN3O4S2. The number of rotatable bonds is 5. The molecule has 0 aliphatic carbocycles. The van der Waals surface area contributed by atoms with Gasteiger partial charge in [-0.15, -0.1) is 0 Å². The number of nitrogens with one attached hydrogen (secondary N) is 1. The third-order valence-corrected chi connectivity index (χ3v) is 7.92. The van der Waals surface area contributed by atoms with Crippen LogP contribution in [0.1, 0.15) is 48.7 Å². The minimum atomic E-state index is -3.54.